The molecule has 10 heavy (non-hydrogen) atoms. The number of thioether (sulfide) groups is 2. The van der Waals surface area contributed by atoms with Crippen LogP contribution in [0.15, 0.2) is 11.0 Å². The molecular formula is C8H12S2. The summed E-state index contributed by atoms with van der Waals surface area (Å²) in [5, 5.41) is 2.91. The highest BCUT2D eigenvalue weighted by molar-refractivity contribution is 8.03. The third-order valence-corrected chi connectivity index (χ3v) is 1.99. The van der Waals surface area contributed by atoms with E-state index in [1.54, 1.807) is 11.8 Å². The van der Waals surface area contributed by atoms with Crippen molar-refractivity contribution in [2.24, 2.45) is 0 Å². The molecule has 0 bridgehead atoms. The maximum Gasteiger partial charge on any atom is -0.00174 e. The molecule has 0 aliphatic carbocycles. The van der Waals surface area contributed by atoms with Gasteiger partial charge in [-0.2, -0.15) is 0 Å². The maximum atomic E-state index is 2.95. The van der Waals surface area contributed by atoms with Gasteiger partial charge in [0.15, 0.2) is 0 Å². The van der Waals surface area contributed by atoms with E-state index in [9.17, 15) is 0 Å². The minimum atomic E-state index is 1.13. The number of hydrogen-bond donors (Lipinski definition) is 0. The van der Waals surface area contributed by atoms with E-state index in [4.69, 9.17) is 0 Å². The first-order valence-electron chi connectivity index (χ1n) is 3.14. The minimum absolute atomic E-state index is 1.13. The monoisotopic (exact) mass is 172 g/mol. The average molecular weight is 172 g/mol. The highest BCUT2D eigenvalue weighted by Crippen LogP contribution is 2.12. The van der Waals surface area contributed by atoms with Crippen LogP contribution in [0, 0.1) is 11.2 Å². The molecule has 0 aromatic carbocycles. The van der Waals surface area contributed by atoms with Crippen molar-refractivity contribution in [1.82, 2.24) is 0 Å². The zero-order valence-electron chi connectivity index (χ0n) is 6.60. The average Bonchev–Trinajstić information content (AvgIpc) is 1.89. The lowest BCUT2D eigenvalue weighted by Gasteiger charge is -1.90. The van der Waals surface area contributed by atoms with Crippen LogP contribution >= 0.6 is 23.5 Å². The molecule has 0 saturated heterocycles. The van der Waals surface area contributed by atoms with Crippen LogP contribution in [0.3, 0.4) is 0 Å². The van der Waals surface area contributed by atoms with Gasteiger partial charge in [0.25, 0.3) is 0 Å². The number of hydrogen-bond acceptors (Lipinski definition) is 2. The topological polar surface area (TPSA) is 0 Å². The van der Waals surface area contributed by atoms with E-state index in [2.05, 4.69) is 25.0 Å². The van der Waals surface area contributed by atoms with Crippen LogP contribution in [-0.4, -0.2) is 12.0 Å². The molecule has 56 valence electrons. The van der Waals surface area contributed by atoms with Crippen LogP contribution in [0.1, 0.15) is 13.8 Å². The molecule has 0 nitrogen and oxygen atoms in total. The van der Waals surface area contributed by atoms with Gasteiger partial charge in [-0.25, -0.2) is 0 Å². The molecule has 0 aromatic rings. The van der Waals surface area contributed by atoms with Gasteiger partial charge >= 0.3 is 0 Å². The molecule has 2 heteroatoms. The Labute approximate surface area is 71.8 Å². The van der Waals surface area contributed by atoms with Gasteiger partial charge in [-0.05, 0) is 35.2 Å². The second-order valence-electron chi connectivity index (χ2n) is 1.64. The second-order valence-corrected chi connectivity index (χ2v) is 3.76. The van der Waals surface area contributed by atoms with Gasteiger partial charge in [-0.15, -0.1) is 11.8 Å². The molecule has 0 spiro atoms. The van der Waals surface area contributed by atoms with Crippen molar-refractivity contribution >= 4 is 23.5 Å². The smallest absolute Gasteiger partial charge is 0.00174 e. The van der Waals surface area contributed by atoms with Crippen LogP contribution in [0.4, 0.5) is 0 Å². The second kappa shape index (κ2) is 7.11. The maximum absolute atomic E-state index is 2.95. The Kier molecular flexibility index (Phi) is 7.11. The van der Waals surface area contributed by atoms with Gasteiger partial charge in [0, 0.05) is 0 Å². The van der Waals surface area contributed by atoms with Crippen LogP contribution in [0.25, 0.3) is 0 Å². The van der Waals surface area contributed by atoms with Crippen LogP contribution in [-0.2, 0) is 0 Å². The Morgan fingerprint density at radius 2 is 2.30 bits per heavy atom. The van der Waals surface area contributed by atoms with Crippen LogP contribution in [0.5, 0.6) is 0 Å². The molecule has 0 fully saturated rings. The molecule has 0 heterocycles. The molecule has 0 unspecified atom stereocenters. The first-order valence-corrected chi connectivity index (χ1v) is 5.35. The molecule has 0 aliphatic heterocycles. The zero-order valence-corrected chi connectivity index (χ0v) is 8.23. The normalized spacial score (nSPS) is 10.5. The van der Waals surface area contributed by atoms with E-state index in [1.807, 2.05) is 24.1 Å². The quantitative estimate of drug-likeness (QED) is 0.587. The summed E-state index contributed by atoms with van der Waals surface area (Å²) in [5.74, 6) is 4.08. The summed E-state index contributed by atoms with van der Waals surface area (Å²) < 4.78 is 0. The third-order valence-electron chi connectivity index (χ3n) is 0.808. The van der Waals surface area contributed by atoms with E-state index in [1.165, 1.54) is 4.91 Å². The first-order chi connectivity index (χ1) is 4.81. The molecule has 0 amide bonds. The van der Waals surface area contributed by atoms with Gasteiger partial charge in [-0.3, -0.25) is 0 Å². The molecular weight excluding hydrogens is 160 g/mol. The fourth-order valence-corrected chi connectivity index (χ4v) is 1.23. The molecule has 0 aromatic heterocycles. The fourth-order valence-electron chi connectivity index (χ4n) is 0.459. The predicted molar refractivity (Wildman–Crippen MR) is 53.2 cm³/mol. The number of rotatable bonds is 2. The van der Waals surface area contributed by atoms with Crippen molar-refractivity contribution in [2.75, 3.05) is 12.0 Å². The summed E-state index contributed by atoms with van der Waals surface area (Å²) >= 11 is 3.38. The summed E-state index contributed by atoms with van der Waals surface area (Å²) in [6.07, 6.45) is 3.94. The largest absolute Gasteiger partial charge is 0.131 e. The van der Waals surface area contributed by atoms with E-state index in [0.717, 1.165) is 5.75 Å². The van der Waals surface area contributed by atoms with E-state index < -0.39 is 0 Å². The van der Waals surface area contributed by atoms with Crippen molar-refractivity contribution in [2.45, 2.75) is 13.8 Å². The Morgan fingerprint density at radius 1 is 1.60 bits per heavy atom. The summed E-state index contributed by atoms with van der Waals surface area (Å²) in [6.45, 7) is 4.23. The van der Waals surface area contributed by atoms with Gasteiger partial charge < -0.3 is 0 Å². The Morgan fingerprint density at radius 3 is 2.80 bits per heavy atom. The highest BCUT2D eigenvalue weighted by atomic mass is 32.2. The standard InChI is InChI=1S/C8H12S2/c1-4-10-8(2)6-5-7-9-3/h6H,4H2,1-3H3. The van der Waals surface area contributed by atoms with Crippen molar-refractivity contribution < 1.29 is 0 Å². The van der Waals surface area contributed by atoms with Gasteiger partial charge in [0.2, 0.25) is 0 Å². The molecule has 0 N–H and O–H groups in total. The minimum Gasteiger partial charge on any atom is -0.131 e. The summed E-state index contributed by atoms with van der Waals surface area (Å²) in [4.78, 5) is 1.30. The highest BCUT2D eigenvalue weighted by Gasteiger charge is 1.82. The molecule has 0 rings (SSSR count). The molecule has 0 atom stereocenters. The zero-order chi connectivity index (χ0) is 7.82. The molecule has 0 aliphatic rings. The van der Waals surface area contributed by atoms with Gasteiger partial charge in [0.1, 0.15) is 0 Å². The third kappa shape index (κ3) is 6.12. The Hall–Kier alpha value is -0.0000000000000000555. The van der Waals surface area contributed by atoms with Gasteiger partial charge in [-0.1, -0.05) is 24.6 Å². The lowest BCUT2D eigenvalue weighted by molar-refractivity contribution is 1.52. The fraction of sp³-hybridized carbons (Fsp3) is 0.500. The van der Waals surface area contributed by atoms with E-state index in [-0.39, 0.29) is 0 Å². The molecule has 0 saturated carbocycles. The molecule has 0 radical (unpaired) electrons. The lowest BCUT2D eigenvalue weighted by atomic mass is 10.5. The van der Waals surface area contributed by atoms with Gasteiger partial charge in [0.05, 0.1) is 0 Å². The first kappa shape index (κ1) is 10.0. The van der Waals surface area contributed by atoms with Crippen LogP contribution < -0.4 is 0 Å². The number of allylic oxidation sites excluding steroid dienone is 2. The van der Waals surface area contributed by atoms with Crippen molar-refractivity contribution in [3.8, 4) is 11.2 Å². The van der Waals surface area contributed by atoms with Crippen molar-refractivity contribution in [1.29, 1.82) is 0 Å². The van der Waals surface area contributed by atoms with E-state index in [0.29, 0.717) is 0 Å². The SMILES string of the molecule is CCSC(C)=CC#CSC. The lowest BCUT2D eigenvalue weighted by Crippen LogP contribution is -1.67. The summed E-state index contributed by atoms with van der Waals surface area (Å²) in [6, 6.07) is 0. The Bertz CT molecular complexity index is 160. The summed E-state index contributed by atoms with van der Waals surface area (Å²) in [7, 11) is 0. The predicted octanol–water partition coefficient (Wildman–Crippen LogP) is 2.97. The van der Waals surface area contributed by atoms with Crippen molar-refractivity contribution in [3.05, 3.63) is 11.0 Å². The summed E-state index contributed by atoms with van der Waals surface area (Å²) in [5.41, 5.74) is 0. The Balaban J connectivity index is 3.67. The van der Waals surface area contributed by atoms with Crippen molar-refractivity contribution in [3.63, 3.8) is 0 Å². The van der Waals surface area contributed by atoms with Crippen LogP contribution in [0.2, 0.25) is 0 Å². The van der Waals surface area contributed by atoms with E-state index >= 15 is 0 Å².